The lowest BCUT2D eigenvalue weighted by Crippen LogP contribution is -2.00. The molecule has 1 N–H and O–H groups in total. The van der Waals surface area contributed by atoms with E-state index in [1.807, 2.05) is 6.92 Å². The number of nitrogens with zero attached hydrogens (tertiary/aromatic N) is 1. The van der Waals surface area contributed by atoms with Crippen molar-refractivity contribution < 1.29 is 9.52 Å². The highest BCUT2D eigenvalue weighted by Gasteiger charge is 2.14. The molecule has 1 unspecified atom stereocenters. The maximum absolute atomic E-state index is 9.94. The first-order chi connectivity index (χ1) is 6.79. The van der Waals surface area contributed by atoms with Gasteiger partial charge < -0.3 is 9.52 Å². The summed E-state index contributed by atoms with van der Waals surface area (Å²) in [4.78, 5) is 3.97. The molecule has 0 amide bonds. The summed E-state index contributed by atoms with van der Waals surface area (Å²) < 4.78 is 5.13. The minimum absolute atomic E-state index is 0.555. The fourth-order valence-electron chi connectivity index (χ4n) is 1.39. The lowest BCUT2D eigenvalue weighted by molar-refractivity contribution is 0.188. The van der Waals surface area contributed by atoms with Gasteiger partial charge in [-0.3, -0.25) is 4.98 Å². The first-order valence-corrected chi connectivity index (χ1v) is 4.41. The molecule has 0 aromatic carbocycles. The maximum atomic E-state index is 9.94. The molecular weight excluding hydrogens is 178 g/mol. The monoisotopic (exact) mass is 189 g/mol. The van der Waals surface area contributed by atoms with Gasteiger partial charge in [-0.05, 0) is 36.2 Å². The molecule has 2 rings (SSSR count). The quantitative estimate of drug-likeness (QED) is 0.786. The Labute approximate surface area is 82.0 Å². The summed E-state index contributed by atoms with van der Waals surface area (Å²) in [6.07, 6.45) is 4.23. The molecule has 14 heavy (non-hydrogen) atoms. The molecule has 3 heteroatoms. The van der Waals surface area contributed by atoms with Crippen LogP contribution in [0.25, 0.3) is 0 Å². The third-order valence-electron chi connectivity index (χ3n) is 2.17. The van der Waals surface area contributed by atoms with E-state index in [1.165, 1.54) is 0 Å². The molecule has 2 heterocycles. The average Bonchev–Trinajstić information content (AvgIpc) is 2.70. The van der Waals surface area contributed by atoms with E-state index >= 15 is 0 Å². The van der Waals surface area contributed by atoms with Crippen LogP contribution in [0.1, 0.15) is 23.0 Å². The number of hydrogen-bond acceptors (Lipinski definition) is 3. The number of aromatic nitrogens is 1. The van der Waals surface area contributed by atoms with Crippen LogP contribution < -0.4 is 0 Å². The van der Waals surface area contributed by atoms with Crippen molar-refractivity contribution in [3.63, 3.8) is 0 Å². The Kier molecular flexibility index (Phi) is 2.33. The molecular formula is C11H11NO2. The Morgan fingerprint density at radius 1 is 1.43 bits per heavy atom. The highest BCUT2D eigenvalue weighted by atomic mass is 16.4. The summed E-state index contributed by atoms with van der Waals surface area (Å²) in [5, 5.41) is 9.94. The summed E-state index contributed by atoms with van der Waals surface area (Å²) >= 11 is 0. The lowest BCUT2D eigenvalue weighted by Gasteiger charge is -2.10. The number of aliphatic hydroxyl groups is 1. The fourth-order valence-corrected chi connectivity index (χ4v) is 1.39. The smallest absolute Gasteiger partial charge is 0.137 e. The van der Waals surface area contributed by atoms with Crippen LogP contribution in [0, 0.1) is 6.92 Å². The van der Waals surface area contributed by atoms with Crippen molar-refractivity contribution in [3.8, 4) is 0 Å². The van der Waals surface area contributed by atoms with Gasteiger partial charge in [-0.2, -0.15) is 0 Å². The van der Waals surface area contributed by atoms with E-state index in [4.69, 9.17) is 4.42 Å². The lowest BCUT2D eigenvalue weighted by atomic mass is 10.0. The van der Waals surface area contributed by atoms with E-state index in [0.29, 0.717) is 5.76 Å². The zero-order chi connectivity index (χ0) is 9.97. The number of aryl methyl sites for hydroxylation is 1. The first kappa shape index (κ1) is 8.97. The molecule has 3 nitrogen and oxygen atoms in total. The molecule has 0 aliphatic carbocycles. The Balaban J connectivity index is 2.37. The normalized spacial score (nSPS) is 12.7. The Morgan fingerprint density at radius 2 is 2.29 bits per heavy atom. The molecule has 2 aromatic rings. The van der Waals surface area contributed by atoms with Crippen LogP contribution in [-0.2, 0) is 0 Å². The molecule has 1 atom stereocenters. The number of furan rings is 1. The fraction of sp³-hybridized carbons (Fsp3) is 0.182. The molecule has 72 valence electrons. The molecule has 0 saturated heterocycles. The number of hydrogen-bond donors (Lipinski definition) is 1. The van der Waals surface area contributed by atoms with Gasteiger partial charge in [0.15, 0.2) is 0 Å². The van der Waals surface area contributed by atoms with Gasteiger partial charge in [0, 0.05) is 12.4 Å². The minimum Gasteiger partial charge on any atom is -0.466 e. The molecule has 0 saturated carbocycles. The molecule has 0 aliphatic heterocycles. The standard InChI is InChI=1S/C11H11NO2/c1-8-7-12-5-4-9(8)11(13)10-3-2-6-14-10/h2-7,11,13H,1H3. The molecule has 0 spiro atoms. The van der Waals surface area contributed by atoms with E-state index in [0.717, 1.165) is 11.1 Å². The number of aliphatic hydroxyl groups excluding tert-OH is 1. The van der Waals surface area contributed by atoms with Crippen molar-refractivity contribution in [1.29, 1.82) is 0 Å². The van der Waals surface area contributed by atoms with E-state index in [9.17, 15) is 5.11 Å². The van der Waals surface area contributed by atoms with Crippen LogP contribution in [0.4, 0.5) is 0 Å². The zero-order valence-electron chi connectivity index (χ0n) is 7.84. The minimum atomic E-state index is -0.701. The van der Waals surface area contributed by atoms with Gasteiger partial charge >= 0.3 is 0 Å². The summed E-state index contributed by atoms with van der Waals surface area (Å²) in [5.74, 6) is 0.555. The van der Waals surface area contributed by atoms with E-state index in [-0.39, 0.29) is 0 Å². The van der Waals surface area contributed by atoms with Gasteiger partial charge in [-0.25, -0.2) is 0 Å². The molecule has 0 fully saturated rings. The number of pyridine rings is 1. The van der Waals surface area contributed by atoms with Gasteiger partial charge in [0.05, 0.1) is 6.26 Å². The second-order valence-corrected chi connectivity index (χ2v) is 3.15. The maximum Gasteiger partial charge on any atom is 0.137 e. The van der Waals surface area contributed by atoms with E-state index < -0.39 is 6.10 Å². The third kappa shape index (κ3) is 1.54. The van der Waals surface area contributed by atoms with Crippen molar-refractivity contribution in [1.82, 2.24) is 4.98 Å². The third-order valence-corrected chi connectivity index (χ3v) is 2.17. The van der Waals surface area contributed by atoms with Crippen LogP contribution in [-0.4, -0.2) is 10.1 Å². The first-order valence-electron chi connectivity index (χ1n) is 4.41. The molecule has 0 aliphatic rings. The molecule has 2 aromatic heterocycles. The van der Waals surface area contributed by atoms with Crippen molar-refractivity contribution in [3.05, 3.63) is 53.7 Å². The summed E-state index contributed by atoms with van der Waals surface area (Å²) in [5.41, 5.74) is 1.78. The summed E-state index contributed by atoms with van der Waals surface area (Å²) in [6.45, 7) is 1.91. The van der Waals surface area contributed by atoms with E-state index in [1.54, 1.807) is 36.9 Å². The van der Waals surface area contributed by atoms with Crippen LogP contribution in [0.2, 0.25) is 0 Å². The predicted octanol–water partition coefficient (Wildman–Crippen LogP) is 2.06. The highest BCUT2D eigenvalue weighted by molar-refractivity contribution is 5.29. The topological polar surface area (TPSA) is 46.3 Å². The van der Waals surface area contributed by atoms with Crippen molar-refractivity contribution >= 4 is 0 Å². The Hall–Kier alpha value is -1.61. The second-order valence-electron chi connectivity index (χ2n) is 3.15. The van der Waals surface area contributed by atoms with Crippen molar-refractivity contribution in [2.24, 2.45) is 0 Å². The van der Waals surface area contributed by atoms with Gasteiger partial charge in [0.25, 0.3) is 0 Å². The second kappa shape index (κ2) is 3.64. The van der Waals surface area contributed by atoms with Gasteiger partial charge in [-0.15, -0.1) is 0 Å². The van der Waals surface area contributed by atoms with Gasteiger partial charge in [-0.1, -0.05) is 0 Å². The van der Waals surface area contributed by atoms with E-state index in [2.05, 4.69) is 4.98 Å². The highest BCUT2D eigenvalue weighted by Crippen LogP contribution is 2.23. The Morgan fingerprint density at radius 3 is 2.93 bits per heavy atom. The summed E-state index contributed by atoms with van der Waals surface area (Å²) in [7, 11) is 0. The largest absolute Gasteiger partial charge is 0.466 e. The SMILES string of the molecule is Cc1cnccc1C(O)c1ccco1. The average molecular weight is 189 g/mol. The van der Waals surface area contributed by atoms with Crippen LogP contribution in [0.5, 0.6) is 0 Å². The zero-order valence-corrected chi connectivity index (χ0v) is 7.84. The van der Waals surface area contributed by atoms with Crippen molar-refractivity contribution in [2.75, 3.05) is 0 Å². The molecule has 0 radical (unpaired) electrons. The van der Waals surface area contributed by atoms with Gasteiger partial charge in [0.1, 0.15) is 11.9 Å². The number of rotatable bonds is 2. The Bertz CT molecular complexity index is 409. The predicted molar refractivity (Wildman–Crippen MR) is 51.7 cm³/mol. The van der Waals surface area contributed by atoms with Crippen LogP contribution in [0.15, 0.2) is 41.3 Å². The van der Waals surface area contributed by atoms with Crippen LogP contribution in [0.3, 0.4) is 0 Å². The van der Waals surface area contributed by atoms with Crippen molar-refractivity contribution in [2.45, 2.75) is 13.0 Å². The molecule has 0 bridgehead atoms. The summed E-state index contributed by atoms with van der Waals surface area (Å²) in [6, 6.07) is 5.31. The van der Waals surface area contributed by atoms with Crippen LogP contribution >= 0.6 is 0 Å². The van der Waals surface area contributed by atoms with Gasteiger partial charge in [0.2, 0.25) is 0 Å².